The third-order valence-electron chi connectivity index (χ3n) is 4.81. The minimum absolute atomic E-state index is 0.0520. The normalized spacial score (nSPS) is 14.4. The van der Waals surface area contributed by atoms with E-state index in [-0.39, 0.29) is 24.1 Å². The van der Waals surface area contributed by atoms with Crippen molar-refractivity contribution >= 4 is 38.4 Å². The van der Waals surface area contributed by atoms with Crippen molar-refractivity contribution in [1.82, 2.24) is 29.7 Å². The van der Waals surface area contributed by atoms with Gasteiger partial charge in [-0.15, -0.1) is 10.2 Å². The van der Waals surface area contributed by atoms with Crippen LogP contribution in [-0.4, -0.2) is 73.8 Å². The standard InChI is InChI=1S/C19H24ClN7O5S2/c1-12(16(32-3)17-21-10-13(20)11-22-17)34(29,30)26-19-25-24-18(27(19)8-9-33(4)28)14-6-5-7-15(23-14)31-2/h5-7,10-12,16H,8-9H2,1-4H3,(H,25,26)/t12-,16-,33-/m0/s1. The number of ether oxygens (including phenoxy) is 2. The number of anilines is 1. The maximum absolute atomic E-state index is 13.2. The fourth-order valence-electron chi connectivity index (χ4n) is 3.01. The van der Waals surface area contributed by atoms with Crippen molar-refractivity contribution in [3.05, 3.63) is 41.4 Å². The number of nitrogens with one attached hydrogen (secondary N) is 1. The first-order valence-corrected chi connectivity index (χ1v) is 13.6. The zero-order valence-corrected chi connectivity index (χ0v) is 21.3. The number of rotatable bonds is 11. The Morgan fingerprint density at radius 2 is 1.91 bits per heavy atom. The van der Waals surface area contributed by atoms with Crippen molar-refractivity contribution in [3.8, 4) is 17.4 Å². The molecule has 3 rings (SSSR count). The van der Waals surface area contributed by atoms with Gasteiger partial charge in [0, 0.05) is 54.9 Å². The summed E-state index contributed by atoms with van der Waals surface area (Å²) in [5.41, 5.74) is 0.413. The highest BCUT2D eigenvalue weighted by Crippen LogP contribution is 2.26. The van der Waals surface area contributed by atoms with Crippen molar-refractivity contribution < 1.29 is 22.1 Å². The van der Waals surface area contributed by atoms with Crippen LogP contribution in [0.3, 0.4) is 0 Å². The number of pyridine rings is 1. The third kappa shape index (κ3) is 6.05. The highest BCUT2D eigenvalue weighted by molar-refractivity contribution is 7.93. The van der Waals surface area contributed by atoms with Gasteiger partial charge in [-0.2, -0.15) is 0 Å². The van der Waals surface area contributed by atoms with E-state index in [1.54, 1.807) is 24.5 Å². The topological polar surface area (TPSA) is 151 Å². The van der Waals surface area contributed by atoms with E-state index in [4.69, 9.17) is 21.1 Å². The van der Waals surface area contributed by atoms with Gasteiger partial charge in [-0.05, 0) is 13.0 Å². The predicted octanol–water partition coefficient (Wildman–Crippen LogP) is 1.69. The van der Waals surface area contributed by atoms with Gasteiger partial charge in [-0.25, -0.2) is 23.4 Å². The molecule has 12 nitrogen and oxygen atoms in total. The van der Waals surface area contributed by atoms with Gasteiger partial charge < -0.3 is 9.47 Å². The van der Waals surface area contributed by atoms with E-state index in [9.17, 15) is 12.6 Å². The largest absolute Gasteiger partial charge is 0.481 e. The number of methoxy groups -OCH3 is 2. The van der Waals surface area contributed by atoms with Crippen molar-refractivity contribution in [2.45, 2.75) is 24.8 Å². The Kier molecular flexibility index (Phi) is 8.52. The zero-order valence-electron chi connectivity index (χ0n) is 18.9. The Balaban J connectivity index is 1.95. The molecule has 0 aromatic carbocycles. The second kappa shape index (κ2) is 11.2. The lowest BCUT2D eigenvalue weighted by molar-refractivity contribution is 0.0950. The number of hydrogen-bond donors (Lipinski definition) is 1. The fourth-order valence-corrected chi connectivity index (χ4v) is 4.70. The van der Waals surface area contributed by atoms with E-state index in [1.807, 2.05) is 0 Å². The summed E-state index contributed by atoms with van der Waals surface area (Å²) in [6, 6.07) is 5.07. The summed E-state index contributed by atoms with van der Waals surface area (Å²) >= 11 is 5.83. The highest BCUT2D eigenvalue weighted by Gasteiger charge is 2.34. The summed E-state index contributed by atoms with van der Waals surface area (Å²) < 4.78 is 52.7. The van der Waals surface area contributed by atoms with Gasteiger partial charge in [-0.1, -0.05) is 17.7 Å². The number of hydrogen-bond acceptors (Lipinski definition) is 10. The van der Waals surface area contributed by atoms with Crippen LogP contribution >= 0.6 is 11.6 Å². The minimum atomic E-state index is -4.06. The molecular weight excluding hydrogens is 506 g/mol. The predicted molar refractivity (Wildman–Crippen MR) is 128 cm³/mol. The molecule has 34 heavy (non-hydrogen) atoms. The van der Waals surface area contributed by atoms with Crippen LogP contribution in [0.2, 0.25) is 5.02 Å². The first kappa shape index (κ1) is 25.9. The molecule has 0 unspecified atom stereocenters. The van der Waals surface area contributed by atoms with Gasteiger partial charge in [0.15, 0.2) is 11.6 Å². The molecule has 1 N–H and O–H groups in total. The Morgan fingerprint density at radius 1 is 1.21 bits per heavy atom. The lowest BCUT2D eigenvalue weighted by atomic mass is 10.2. The molecule has 3 aromatic rings. The van der Waals surface area contributed by atoms with Crippen molar-refractivity contribution in [3.63, 3.8) is 0 Å². The van der Waals surface area contributed by atoms with Crippen molar-refractivity contribution in [2.75, 3.05) is 31.0 Å². The number of nitrogens with zero attached hydrogens (tertiary/aromatic N) is 6. The average Bonchev–Trinajstić information content (AvgIpc) is 3.20. The molecule has 0 saturated heterocycles. The van der Waals surface area contributed by atoms with E-state index >= 15 is 0 Å². The maximum Gasteiger partial charge on any atom is 0.240 e. The second-order valence-corrected chi connectivity index (χ2v) is 11.1. The van der Waals surface area contributed by atoms with Crippen LogP contribution in [-0.2, 0) is 32.1 Å². The third-order valence-corrected chi connectivity index (χ3v) is 7.46. The molecule has 184 valence electrons. The molecular formula is C19H24ClN7O5S2. The van der Waals surface area contributed by atoms with E-state index in [0.717, 1.165) is 0 Å². The van der Waals surface area contributed by atoms with Crippen LogP contribution in [0.25, 0.3) is 11.5 Å². The van der Waals surface area contributed by atoms with Crippen molar-refractivity contribution in [1.29, 1.82) is 0 Å². The lowest BCUT2D eigenvalue weighted by Gasteiger charge is -2.22. The molecule has 3 aromatic heterocycles. The zero-order chi connectivity index (χ0) is 24.9. The van der Waals surface area contributed by atoms with Gasteiger partial charge in [-0.3, -0.25) is 13.5 Å². The lowest BCUT2D eigenvalue weighted by Crippen LogP contribution is -2.33. The molecule has 0 amide bonds. The smallest absolute Gasteiger partial charge is 0.240 e. The van der Waals surface area contributed by atoms with Gasteiger partial charge in [0.2, 0.25) is 21.9 Å². The minimum Gasteiger partial charge on any atom is -0.481 e. The molecule has 0 bridgehead atoms. The van der Waals surface area contributed by atoms with Crippen molar-refractivity contribution in [2.24, 2.45) is 0 Å². The van der Waals surface area contributed by atoms with Gasteiger partial charge in [0.25, 0.3) is 0 Å². The van der Waals surface area contributed by atoms with E-state index in [2.05, 4.69) is 29.9 Å². The first-order chi connectivity index (χ1) is 16.2. The van der Waals surface area contributed by atoms with Crippen LogP contribution in [0.4, 0.5) is 5.95 Å². The second-order valence-electron chi connectivity index (χ2n) is 7.11. The summed E-state index contributed by atoms with van der Waals surface area (Å²) in [5.74, 6) is 1.00. The van der Waals surface area contributed by atoms with Crippen LogP contribution in [0.15, 0.2) is 30.6 Å². The van der Waals surface area contributed by atoms with E-state index in [1.165, 1.54) is 38.1 Å². The molecule has 0 aliphatic rings. The van der Waals surface area contributed by atoms with E-state index in [0.29, 0.717) is 22.4 Å². The summed E-state index contributed by atoms with van der Waals surface area (Å²) in [7, 11) is -2.36. The molecule has 0 aliphatic carbocycles. The van der Waals surface area contributed by atoms with Crippen LogP contribution in [0, 0.1) is 0 Å². The van der Waals surface area contributed by atoms with Crippen LogP contribution in [0.1, 0.15) is 18.9 Å². The molecule has 3 heterocycles. The summed E-state index contributed by atoms with van der Waals surface area (Å²) in [6.45, 7) is 1.64. The van der Waals surface area contributed by atoms with Crippen LogP contribution in [0.5, 0.6) is 5.88 Å². The number of sulfonamides is 1. The van der Waals surface area contributed by atoms with Gasteiger partial charge in [0.05, 0.1) is 12.1 Å². The SMILES string of the molecule is COc1cccc(-c2nnc(NS(=O)(=O)[C@@H](C)[C@H](OC)c3ncc(Cl)cn3)n2CC[S@](C)=O)n1. The van der Waals surface area contributed by atoms with Gasteiger partial charge >= 0.3 is 0 Å². The first-order valence-electron chi connectivity index (χ1n) is 9.92. The number of aromatic nitrogens is 6. The number of halogens is 1. The highest BCUT2D eigenvalue weighted by atomic mass is 35.5. The molecule has 15 heteroatoms. The summed E-state index contributed by atoms with van der Waals surface area (Å²) in [4.78, 5) is 12.5. The monoisotopic (exact) mass is 529 g/mol. The molecule has 0 saturated carbocycles. The Hall–Kier alpha value is -2.68. The maximum atomic E-state index is 13.2. The average molecular weight is 530 g/mol. The Labute approximate surface area is 204 Å². The summed E-state index contributed by atoms with van der Waals surface area (Å²) in [5, 5.41) is 7.33. The molecule has 0 radical (unpaired) electrons. The molecule has 0 aliphatic heterocycles. The fraction of sp³-hybridized carbons (Fsp3) is 0.421. The quantitative estimate of drug-likeness (QED) is 0.388. The van der Waals surface area contributed by atoms with E-state index < -0.39 is 32.2 Å². The Bertz CT molecular complexity index is 1250. The Morgan fingerprint density at radius 3 is 2.53 bits per heavy atom. The molecule has 3 atom stereocenters. The summed E-state index contributed by atoms with van der Waals surface area (Å²) in [6.07, 6.45) is 3.29. The van der Waals surface area contributed by atoms with Gasteiger partial charge in [0.1, 0.15) is 17.0 Å². The van der Waals surface area contributed by atoms with Crippen LogP contribution < -0.4 is 9.46 Å². The molecule has 0 spiro atoms. The molecule has 0 fully saturated rings.